The Labute approximate surface area is 133 Å². The highest BCUT2D eigenvalue weighted by atomic mass is 79.9. The van der Waals surface area contributed by atoms with E-state index in [1.54, 1.807) is 0 Å². The maximum Gasteiger partial charge on any atom is 0.417 e. The number of benzene rings is 1. The van der Waals surface area contributed by atoms with E-state index in [1.165, 1.54) is 0 Å². The van der Waals surface area contributed by atoms with Crippen LogP contribution in [-0.2, 0) is 6.18 Å². The first-order chi connectivity index (χ1) is 10.2. The monoisotopic (exact) mass is 381 g/mol. The molecule has 1 saturated heterocycles. The van der Waals surface area contributed by atoms with Crippen LogP contribution >= 0.6 is 15.9 Å². The lowest BCUT2D eigenvalue weighted by Gasteiger charge is -2.30. The average molecular weight is 382 g/mol. The highest BCUT2D eigenvalue weighted by Gasteiger charge is 2.36. The van der Waals surface area contributed by atoms with Gasteiger partial charge in [0.15, 0.2) is 0 Å². The van der Waals surface area contributed by atoms with Crippen LogP contribution in [0.4, 0.5) is 24.5 Å². The number of likely N-dealkylation sites (tertiary alicyclic amines) is 1. The molecule has 2 rings (SSSR count). The Morgan fingerprint density at radius 1 is 1.36 bits per heavy atom. The van der Waals surface area contributed by atoms with Crippen molar-refractivity contribution in [1.82, 2.24) is 4.90 Å². The van der Waals surface area contributed by atoms with Gasteiger partial charge in [-0.25, -0.2) is 0 Å². The lowest BCUT2D eigenvalue weighted by atomic mass is 10.0. The molecule has 1 fully saturated rings. The summed E-state index contributed by atoms with van der Waals surface area (Å²) in [7, 11) is 1.98. The quantitative estimate of drug-likeness (QED) is 0.637. The van der Waals surface area contributed by atoms with Crippen LogP contribution in [0.3, 0.4) is 0 Å². The molecular weight excluding hydrogens is 367 g/mol. The van der Waals surface area contributed by atoms with Gasteiger partial charge in [0.25, 0.3) is 5.69 Å². The minimum atomic E-state index is -4.64. The van der Waals surface area contributed by atoms with Crippen molar-refractivity contribution in [3.05, 3.63) is 32.3 Å². The minimum absolute atomic E-state index is 0.0125. The summed E-state index contributed by atoms with van der Waals surface area (Å²) in [6.07, 6.45) is -3.08. The van der Waals surface area contributed by atoms with E-state index in [9.17, 15) is 23.3 Å². The summed E-state index contributed by atoms with van der Waals surface area (Å²) < 4.78 is 38.3. The molecule has 122 valence electrons. The predicted molar refractivity (Wildman–Crippen MR) is 79.9 cm³/mol. The van der Waals surface area contributed by atoms with Gasteiger partial charge in [0.1, 0.15) is 5.69 Å². The number of nitro groups is 1. The lowest BCUT2D eigenvalue weighted by Crippen LogP contribution is -2.36. The molecule has 0 aliphatic carbocycles. The molecule has 0 bridgehead atoms. The first-order valence-electron chi connectivity index (χ1n) is 6.68. The van der Waals surface area contributed by atoms with E-state index in [2.05, 4.69) is 26.1 Å². The summed E-state index contributed by atoms with van der Waals surface area (Å²) >= 11 is 2.85. The third kappa shape index (κ3) is 3.89. The number of hydrogen-bond acceptors (Lipinski definition) is 4. The maximum absolute atomic E-state index is 12.8. The summed E-state index contributed by atoms with van der Waals surface area (Å²) in [6, 6.07) is 1.72. The van der Waals surface area contributed by atoms with Crippen LogP contribution < -0.4 is 5.32 Å². The van der Waals surface area contributed by atoms with Crippen LogP contribution in [0.1, 0.15) is 18.4 Å². The third-order valence-electron chi connectivity index (χ3n) is 3.67. The molecular formula is C13H15BrF3N3O2. The summed E-state index contributed by atoms with van der Waals surface area (Å²) in [5, 5.41) is 14.1. The molecule has 0 aromatic heterocycles. The molecule has 22 heavy (non-hydrogen) atoms. The van der Waals surface area contributed by atoms with E-state index < -0.39 is 22.4 Å². The largest absolute Gasteiger partial charge is 0.417 e. The van der Waals surface area contributed by atoms with Gasteiger partial charge in [0, 0.05) is 16.6 Å². The highest BCUT2D eigenvalue weighted by molar-refractivity contribution is 9.10. The van der Waals surface area contributed by atoms with E-state index in [4.69, 9.17) is 0 Å². The van der Waals surface area contributed by atoms with Gasteiger partial charge in [-0.2, -0.15) is 13.2 Å². The molecule has 0 saturated carbocycles. The van der Waals surface area contributed by atoms with E-state index >= 15 is 0 Å². The fourth-order valence-electron chi connectivity index (χ4n) is 2.42. The summed E-state index contributed by atoms with van der Waals surface area (Å²) in [5.41, 5.74) is -1.50. The number of nitro benzene ring substituents is 1. The van der Waals surface area contributed by atoms with Crippen molar-refractivity contribution in [3.8, 4) is 0 Å². The van der Waals surface area contributed by atoms with Crippen LogP contribution in [0.2, 0.25) is 0 Å². The van der Waals surface area contributed by atoms with Crippen LogP contribution in [0.25, 0.3) is 0 Å². The summed E-state index contributed by atoms with van der Waals surface area (Å²) in [4.78, 5) is 12.4. The van der Waals surface area contributed by atoms with Gasteiger partial charge in [-0.05, 0) is 39.0 Å². The van der Waals surface area contributed by atoms with Crippen LogP contribution in [-0.4, -0.2) is 36.0 Å². The summed E-state index contributed by atoms with van der Waals surface area (Å²) in [5.74, 6) is 0. The van der Waals surface area contributed by atoms with Crippen molar-refractivity contribution in [1.29, 1.82) is 0 Å². The van der Waals surface area contributed by atoms with Crippen LogP contribution in [0.5, 0.6) is 0 Å². The molecule has 1 aliphatic heterocycles. The molecule has 0 atom stereocenters. The average Bonchev–Trinajstić information content (AvgIpc) is 2.39. The topological polar surface area (TPSA) is 58.4 Å². The molecule has 1 aromatic carbocycles. The lowest BCUT2D eigenvalue weighted by molar-refractivity contribution is -0.384. The van der Waals surface area contributed by atoms with E-state index in [1.807, 2.05) is 7.05 Å². The number of nitrogens with one attached hydrogen (secondary N) is 1. The normalized spacial score (nSPS) is 17.5. The van der Waals surface area contributed by atoms with Crippen LogP contribution in [0, 0.1) is 10.1 Å². The van der Waals surface area contributed by atoms with Crippen molar-refractivity contribution in [2.45, 2.75) is 25.1 Å². The zero-order valence-corrected chi connectivity index (χ0v) is 13.4. The molecule has 0 unspecified atom stereocenters. The molecule has 5 nitrogen and oxygen atoms in total. The zero-order chi connectivity index (χ0) is 16.5. The van der Waals surface area contributed by atoms with Gasteiger partial charge in [-0.1, -0.05) is 15.9 Å². The fraction of sp³-hybridized carbons (Fsp3) is 0.538. The summed E-state index contributed by atoms with van der Waals surface area (Å²) in [6.45, 7) is 1.68. The predicted octanol–water partition coefficient (Wildman–Crippen LogP) is 3.88. The smallest absolute Gasteiger partial charge is 0.377 e. The van der Waals surface area contributed by atoms with Gasteiger partial charge >= 0.3 is 6.18 Å². The first-order valence-corrected chi connectivity index (χ1v) is 7.48. The molecule has 1 aliphatic rings. The van der Waals surface area contributed by atoms with Gasteiger partial charge in [0.05, 0.1) is 10.5 Å². The van der Waals surface area contributed by atoms with Crippen molar-refractivity contribution < 1.29 is 18.1 Å². The Balaban J connectivity index is 2.31. The third-order valence-corrected chi connectivity index (χ3v) is 4.32. The molecule has 1 aromatic rings. The molecule has 9 heteroatoms. The van der Waals surface area contributed by atoms with E-state index in [0.29, 0.717) is 6.07 Å². The van der Waals surface area contributed by atoms with Crippen molar-refractivity contribution in [3.63, 3.8) is 0 Å². The fourth-order valence-corrected chi connectivity index (χ4v) is 2.99. The number of anilines is 1. The van der Waals surface area contributed by atoms with Crippen molar-refractivity contribution in [2.75, 3.05) is 25.5 Å². The number of alkyl halides is 3. The maximum atomic E-state index is 12.8. The zero-order valence-electron chi connectivity index (χ0n) is 11.8. The number of piperidine rings is 1. The SMILES string of the molecule is CN1CCC(Nc2cc(Br)c(C(F)(F)F)cc2[N+](=O)[O-])CC1. The van der Waals surface area contributed by atoms with E-state index in [0.717, 1.165) is 32.0 Å². The molecule has 0 spiro atoms. The highest BCUT2D eigenvalue weighted by Crippen LogP contribution is 2.40. The second-order valence-corrected chi connectivity index (χ2v) is 6.18. The van der Waals surface area contributed by atoms with Crippen LogP contribution in [0.15, 0.2) is 16.6 Å². The Hall–Kier alpha value is -1.35. The van der Waals surface area contributed by atoms with Crippen molar-refractivity contribution >= 4 is 27.3 Å². The Morgan fingerprint density at radius 3 is 2.45 bits per heavy atom. The minimum Gasteiger partial charge on any atom is -0.377 e. The van der Waals surface area contributed by atoms with E-state index in [-0.39, 0.29) is 16.2 Å². The Bertz CT molecular complexity index is 572. The first kappa shape index (κ1) is 17.0. The second kappa shape index (κ2) is 6.41. The Morgan fingerprint density at radius 2 is 1.95 bits per heavy atom. The number of hydrogen-bond donors (Lipinski definition) is 1. The van der Waals surface area contributed by atoms with Gasteiger partial charge in [-0.3, -0.25) is 10.1 Å². The second-order valence-electron chi connectivity index (χ2n) is 5.33. The Kier molecular flexibility index (Phi) is 4.96. The number of nitrogens with zero attached hydrogens (tertiary/aromatic N) is 2. The molecule has 1 N–H and O–H groups in total. The van der Waals surface area contributed by atoms with Gasteiger partial charge in [-0.15, -0.1) is 0 Å². The number of rotatable bonds is 3. The molecule has 0 radical (unpaired) electrons. The standard InChI is InChI=1S/C13H15BrF3N3O2/c1-19-4-2-8(3-5-19)18-11-7-10(14)9(13(15,16)17)6-12(11)20(21)22/h6-8,18H,2-5H2,1H3. The van der Waals surface area contributed by atoms with Gasteiger partial charge < -0.3 is 10.2 Å². The molecule has 1 heterocycles. The van der Waals surface area contributed by atoms with Gasteiger partial charge in [0.2, 0.25) is 0 Å². The van der Waals surface area contributed by atoms with Crippen molar-refractivity contribution in [2.24, 2.45) is 0 Å². The number of halogens is 4. The molecule has 0 amide bonds.